The minimum absolute atomic E-state index is 0.00763. The van der Waals surface area contributed by atoms with E-state index in [9.17, 15) is 13.2 Å². The van der Waals surface area contributed by atoms with Crippen LogP contribution in [0.5, 0.6) is 0 Å². The van der Waals surface area contributed by atoms with E-state index in [4.69, 9.17) is 11.6 Å². The molecule has 1 amide bonds. The number of nitrogens with zero attached hydrogens (tertiary/aromatic N) is 2. The van der Waals surface area contributed by atoms with Gasteiger partial charge in [-0.1, -0.05) is 11.6 Å². The summed E-state index contributed by atoms with van der Waals surface area (Å²) < 4.78 is 24.2. The second-order valence-electron chi connectivity index (χ2n) is 3.02. The minimum atomic E-state index is -3.33. The van der Waals surface area contributed by atoms with Crippen molar-refractivity contribution in [3.8, 4) is 0 Å². The van der Waals surface area contributed by atoms with Crippen LogP contribution in [-0.2, 0) is 10.0 Å². The lowest BCUT2D eigenvalue weighted by molar-refractivity contribution is 0.0950. The van der Waals surface area contributed by atoms with Crippen LogP contribution in [0.25, 0.3) is 0 Å². The highest BCUT2D eigenvalue weighted by Gasteiger charge is 2.10. The van der Waals surface area contributed by atoms with Crippen LogP contribution in [0, 0.1) is 0 Å². The topological polar surface area (TPSA) is 101 Å². The number of nitrogens with one attached hydrogen (secondary N) is 2. The summed E-state index contributed by atoms with van der Waals surface area (Å²) >= 11 is 5.51. The second kappa shape index (κ2) is 5.89. The van der Waals surface area contributed by atoms with E-state index in [1.165, 1.54) is 19.2 Å². The fourth-order valence-corrected chi connectivity index (χ4v) is 1.60. The van der Waals surface area contributed by atoms with E-state index in [1.807, 2.05) is 0 Å². The summed E-state index contributed by atoms with van der Waals surface area (Å²) in [5.41, 5.74) is 0.0799. The van der Waals surface area contributed by atoms with Gasteiger partial charge in [0.15, 0.2) is 10.8 Å². The SMILES string of the molecule is CNS(=O)(=O)CCNC(=O)c1ccc(Cl)nn1. The summed E-state index contributed by atoms with van der Waals surface area (Å²) in [6.45, 7) is -0.00763. The average molecular weight is 279 g/mol. The van der Waals surface area contributed by atoms with Gasteiger partial charge in [0.2, 0.25) is 10.0 Å². The molecule has 0 saturated heterocycles. The molecule has 1 aromatic rings. The van der Waals surface area contributed by atoms with Crippen LogP contribution in [0.3, 0.4) is 0 Å². The van der Waals surface area contributed by atoms with Gasteiger partial charge < -0.3 is 5.32 Å². The molecule has 0 radical (unpaired) electrons. The second-order valence-corrected chi connectivity index (χ2v) is 5.45. The predicted molar refractivity (Wildman–Crippen MR) is 62.2 cm³/mol. The standard InChI is InChI=1S/C8H11ClN4O3S/c1-10-17(15,16)5-4-11-8(14)6-2-3-7(9)13-12-6/h2-3,10H,4-5H2,1H3,(H,11,14). The Morgan fingerprint density at radius 3 is 2.65 bits per heavy atom. The van der Waals surface area contributed by atoms with E-state index >= 15 is 0 Å². The summed E-state index contributed by atoms with van der Waals surface area (Å²) in [5, 5.41) is 9.64. The Hall–Kier alpha value is -1.25. The molecule has 0 fully saturated rings. The number of amides is 1. The molecule has 0 spiro atoms. The van der Waals surface area contributed by atoms with Crippen molar-refractivity contribution in [2.24, 2.45) is 0 Å². The van der Waals surface area contributed by atoms with E-state index in [2.05, 4.69) is 20.2 Å². The number of carbonyl (C=O) groups is 1. The molecule has 1 heterocycles. The van der Waals surface area contributed by atoms with E-state index in [0.717, 1.165) is 0 Å². The Morgan fingerprint density at radius 2 is 2.12 bits per heavy atom. The van der Waals surface area contributed by atoms with Crippen LogP contribution in [0.4, 0.5) is 0 Å². The van der Waals surface area contributed by atoms with E-state index in [0.29, 0.717) is 0 Å². The minimum Gasteiger partial charge on any atom is -0.350 e. The number of halogens is 1. The highest BCUT2D eigenvalue weighted by atomic mass is 35.5. The molecule has 0 aliphatic heterocycles. The van der Waals surface area contributed by atoms with Crippen molar-refractivity contribution in [3.05, 3.63) is 23.0 Å². The van der Waals surface area contributed by atoms with Gasteiger partial charge in [-0.15, -0.1) is 10.2 Å². The third kappa shape index (κ3) is 4.63. The first-order valence-electron chi connectivity index (χ1n) is 4.63. The fraction of sp³-hybridized carbons (Fsp3) is 0.375. The molecular weight excluding hydrogens is 268 g/mol. The maximum atomic E-state index is 11.5. The Kier molecular flexibility index (Phi) is 4.79. The van der Waals surface area contributed by atoms with Gasteiger partial charge in [-0.3, -0.25) is 4.79 Å². The lowest BCUT2D eigenvalue weighted by Gasteiger charge is -2.04. The van der Waals surface area contributed by atoms with E-state index in [1.54, 1.807) is 0 Å². The monoisotopic (exact) mass is 278 g/mol. The van der Waals surface area contributed by atoms with Crippen molar-refractivity contribution in [1.29, 1.82) is 0 Å². The van der Waals surface area contributed by atoms with Gasteiger partial charge in [0.25, 0.3) is 5.91 Å². The van der Waals surface area contributed by atoms with Crippen LogP contribution in [0.15, 0.2) is 12.1 Å². The summed E-state index contributed by atoms with van der Waals surface area (Å²) in [7, 11) is -2.02. The molecule has 9 heteroatoms. The largest absolute Gasteiger partial charge is 0.350 e. The third-order valence-electron chi connectivity index (χ3n) is 1.83. The molecule has 0 atom stereocenters. The molecule has 0 unspecified atom stereocenters. The Labute approximate surface area is 104 Å². The molecule has 0 bridgehead atoms. The molecule has 0 aliphatic rings. The molecule has 1 aromatic heterocycles. The van der Waals surface area contributed by atoms with Crippen LogP contribution >= 0.6 is 11.6 Å². The first kappa shape index (κ1) is 13.8. The summed E-state index contributed by atoms with van der Waals surface area (Å²) in [4.78, 5) is 11.5. The smallest absolute Gasteiger partial charge is 0.271 e. The molecule has 0 saturated carbocycles. The zero-order valence-electron chi connectivity index (χ0n) is 8.97. The fourth-order valence-electron chi connectivity index (χ4n) is 0.929. The van der Waals surface area contributed by atoms with Crippen molar-refractivity contribution < 1.29 is 13.2 Å². The van der Waals surface area contributed by atoms with Crippen molar-refractivity contribution >= 4 is 27.5 Å². The van der Waals surface area contributed by atoms with Crippen LogP contribution in [0.1, 0.15) is 10.5 Å². The van der Waals surface area contributed by atoms with Gasteiger partial charge in [-0.25, -0.2) is 13.1 Å². The number of sulfonamides is 1. The Bertz CT molecular complexity index is 488. The number of hydrogen-bond donors (Lipinski definition) is 2. The van der Waals surface area contributed by atoms with Gasteiger partial charge in [-0.2, -0.15) is 0 Å². The maximum Gasteiger partial charge on any atom is 0.271 e. The average Bonchev–Trinajstić information content (AvgIpc) is 2.29. The normalized spacial score (nSPS) is 11.2. The predicted octanol–water partition coefficient (Wildman–Crippen LogP) is -0.591. The lowest BCUT2D eigenvalue weighted by atomic mass is 10.4. The van der Waals surface area contributed by atoms with Gasteiger partial charge in [0.1, 0.15) is 0 Å². The maximum absolute atomic E-state index is 11.5. The first-order chi connectivity index (χ1) is 7.94. The zero-order valence-corrected chi connectivity index (χ0v) is 10.5. The van der Waals surface area contributed by atoms with Crippen LogP contribution < -0.4 is 10.0 Å². The summed E-state index contributed by atoms with van der Waals surface area (Å²) in [6, 6.07) is 2.82. The van der Waals surface area contributed by atoms with Gasteiger partial charge in [0.05, 0.1) is 5.75 Å². The third-order valence-corrected chi connectivity index (χ3v) is 3.40. The van der Waals surface area contributed by atoms with Gasteiger partial charge >= 0.3 is 0 Å². The lowest BCUT2D eigenvalue weighted by Crippen LogP contribution is -2.33. The molecular formula is C8H11ClN4O3S. The number of carbonyl (C=O) groups excluding carboxylic acids is 1. The van der Waals surface area contributed by atoms with Gasteiger partial charge in [-0.05, 0) is 19.2 Å². The molecule has 1 rings (SSSR count). The quantitative estimate of drug-likeness (QED) is 0.750. The van der Waals surface area contributed by atoms with Crippen molar-refractivity contribution in [3.63, 3.8) is 0 Å². The zero-order chi connectivity index (χ0) is 12.9. The molecule has 17 heavy (non-hydrogen) atoms. The molecule has 94 valence electrons. The Morgan fingerprint density at radius 1 is 1.41 bits per heavy atom. The molecule has 2 N–H and O–H groups in total. The highest BCUT2D eigenvalue weighted by molar-refractivity contribution is 7.89. The number of rotatable bonds is 5. The van der Waals surface area contributed by atoms with Crippen LogP contribution in [0.2, 0.25) is 5.15 Å². The van der Waals surface area contributed by atoms with Crippen LogP contribution in [-0.4, -0.2) is 43.9 Å². The van der Waals surface area contributed by atoms with Gasteiger partial charge in [0, 0.05) is 6.54 Å². The molecule has 0 aliphatic carbocycles. The van der Waals surface area contributed by atoms with E-state index < -0.39 is 15.9 Å². The number of hydrogen-bond acceptors (Lipinski definition) is 5. The van der Waals surface area contributed by atoms with E-state index in [-0.39, 0.29) is 23.1 Å². The molecule has 0 aromatic carbocycles. The number of aromatic nitrogens is 2. The van der Waals surface area contributed by atoms with Crippen molar-refractivity contribution in [2.75, 3.05) is 19.3 Å². The van der Waals surface area contributed by atoms with Crippen molar-refractivity contribution in [2.45, 2.75) is 0 Å². The highest BCUT2D eigenvalue weighted by Crippen LogP contribution is 2.01. The summed E-state index contributed by atoms with van der Waals surface area (Å²) in [6.07, 6.45) is 0. The molecule has 7 nitrogen and oxygen atoms in total. The first-order valence-corrected chi connectivity index (χ1v) is 6.66. The summed E-state index contributed by atoms with van der Waals surface area (Å²) in [5.74, 6) is -0.698. The Balaban J connectivity index is 2.48. The van der Waals surface area contributed by atoms with Crippen molar-refractivity contribution in [1.82, 2.24) is 20.2 Å².